The van der Waals surface area contributed by atoms with E-state index >= 15 is 0 Å². The van der Waals surface area contributed by atoms with Gasteiger partial charge >= 0.3 is 0 Å². The number of nitro groups is 1. The van der Waals surface area contributed by atoms with Crippen LogP contribution in [0.25, 0.3) is 21.8 Å². The molecule has 0 aliphatic carbocycles. The second kappa shape index (κ2) is 6.18. The van der Waals surface area contributed by atoms with E-state index in [1.54, 1.807) is 12.1 Å². The highest BCUT2D eigenvalue weighted by atomic mass is 16.6. The van der Waals surface area contributed by atoms with Crippen molar-refractivity contribution in [3.63, 3.8) is 0 Å². The maximum atomic E-state index is 11.0. The van der Waals surface area contributed by atoms with Crippen LogP contribution in [0.2, 0.25) is 0 Å². The van der Waals surface area contributed by atoms with Crippen molar-refractivity contribution < 1.29 is 4.92 Å². The third-order valence-corrected chi connectivity index (χ3v) is 4.14. The van der Waals surface area contributed by atoms with Crippen LogP contribution >= 0.6 is 0 Å². The molecule has 0 amide bonds. The summed E-state index contributed by atoms with van der Waals surface area (Å²) in [7, 11) is 0. The van der Waals surface area contributed by atoms with Crippen LogP contribution in [0.4, 0.5) is 5.69 Å². The molecule has 3 aromatic rings. The number of nitrogens with zero attached hydrogens (tertiary/aromatic N) is 2. The van der Waals surface area contributed by atoms with Crippen LogP contribution in [0.5, 0.6) is 0 Å². The molecule has 2 aromatic carbocycles. The third-order valence-electron chi connectivity index (χ3n) is 4.14. The molecule has 1 radical (unpaired) electrons. The predicted octanol–water partition coefficient (Wildman–Crippen LogP) is 5.08. The summed E-state index contributed by atoms with van der Waals surface area (Å²) >= 11 is 0. The third kappa shape index (κ3) is 2.56. The zero-order valence-electron chi connectivity index (χ0n) is 12.7. The summed E-state index contributed by atoms with van der Waals surface area (Å²) in [4.78, 5) is 10.7. The molecule has 113 valence electrons. The molecule has 3 rings (SSSR count). The van der Waals surface area contributed by atoms with E-state index in [-0.39, 0.29) is 10.6 Å². The van der Waals surface area contributed by atoms with Crippen LogP contribution in [-0.4, -0.2) is 9.49 Å². The molecule has 0 spiro atoms. The lowest BCUT2D eigenvalue weighted by Gasteiger charge is -2.07. The van der Waals surface area contributed by atoms with E-state index < -0.39 is 0 Å². The van der Waals surface area contributed by atoms with Gasteiger partial charge in [0, 0.05) is 40.5 Å². The highest BCUT2D eigenvalue weighted by molar-refractivity contribution is 6.08. The minimum atomic E-state index is -0.337. The number of benzene rings is 2. The van der Waals surface area contributed by atoms with Crippen LogP contribution in [0.3, 0.4) is 0 Å². The minimum absolute atomic E-state index is 0.140. The Kier molecular flexibility index (Phi) is 4.09. The number of rotatable bonds is 6. The summed E-state index contributed by atoms with van der Waals surface area (Å²) in [6.07, 6.45) is 4.80. The zero-order chi connectivity index (χ0) is 15.5. The lowest BCUT2D eigenvalue weighted by molar-refractivity contribution is -0.384. The quantitative estimate of drug-likeness (QED) is 0.361. The van der Waals surface area contributed by atoms with Gasteiger partial charge in [-0.2, -0.15) is 0 Å². The maximum absolute atomic E-state index is 11.0. The summed E-state index contributed by atoms with van der Waals surface area (Å²) in [6, 6.07) is 14.1. The molecule has 0 saturated heterocycles. The molecule has 0 bridgehead atoms. The number of hydrogen-bond acceptors (Lipinski definition) is 2. The van der Waals surface area contributed by atoms with Crippen molar-refractivity contribution in [2.45, 2.75) is 39.2 Å². The Morgan fingerprint density at radius 3 is 2.73 bits per heavy atom. The van der Waals surface area contributed by atoms with E-state index in [4.69, 9.17) is 0 Å². The van der Waals surface area contributed by atoms with Gasteiger partial charge in [0.2, 0.25) is 0 Å². The van der Waals surface area contributed by atoms with Crippen molar-refractivity contribution in [3.8, 4) is 0 Å². The van der Waals surface area contributed by atoms with Crippen molar-refractivity contribution in [2.24, 2.45) is 0 Å². The SMILES string of the molecule is CCCCCCn1c2cc[c]cc2c2cc([N+](=O)[O-])ccc21. The highest BCUT2D eigenvalue weighted by Crippen LogP contribution is 2.31. The van der Waals surface area contributed by atoms with Crippen molar-refractivity contribution in [1.29, 1.82) is 0 Å². The Labute approximate surface area is 129 Å². The normalized spacial score (nSPS) is 11.3. The first kappa shape index (κ1) is 14.6. The molecule has 1 aromatic heterocycles. The zero-order valence-corrected chi connectivity index (χ0v) is 12.7. The van der Waals surface area contributed by atoms with Crippen LogP contribution in [0.15, 0.2) is 36.4 Å². The molecule has 4 heteroatoms. The van der Waals surface area contributed by atoms with Gasteiger partial charge in [-0.05, 0) is 30.7 Å². The molecule has 0 N–H and O–H groups in total. The molecule has 1 heterocycles. The number of fused-ring (bicyclic) bond motifs is 3. The molecule has 4 nitrogen and oxygen atoms in total. The van der Waals surface area contributed by atoms with Gasteiger partial charge in [-0.1, -0.05) is 32.3 Å². The Balaban J connectivity index is 2.10. The Hall–Kier alpha value is -2.36. The molecule has 22 heavy (non-hydrogen) atoms. The Bertz CT molecular complexity index is 820. The fraction of sp³-hybridized carbons (Fsp3) is 0.333. The van der Waals surface area contributed by atoms with E-state index in [0.29, 0.717) is 0 Å². The van der Waals surface area contributed by atoms with E-state index in [9.17, 15) is 10.1 Å². The standard InChI is InChI=1S/C18H19N2O2/c1-2-3-4-7-12-19-17-9-6-5-8-15(17)16-13-14(20(21)22)10-11-18(16)19/h6,8-11,13H,2-4,7,12H2,1H3. The summed E-state index contributed by atoms with van der Waals surface area (Å²) in [5, 5.41) is 13.0. The summed E-state index contributed by atoms with van der Waals surface area (Å²) in [5.74, 6) is 0. The minimum Gasteiger partial charge on any atom is -0.340 e. The Morgan fingerprint density at radius 1 is 1.14 bits per heavy atom. The fourth-order valence-electron chi connectivity index (χ4n) is 3.03. The highest BCUT2D eigenvalue weighted by Gasteiger charge is 2.14. The summed E-state index contributed by atoms with van der Waals surface area (Å²) in [6.45, 7) is 3.15. The molecule has 0 unspecified atom stereocenters. The number of unbranched alkanes of at least 4 members (excludes halogenated alkanes) is 3. The summed E-state index contributed by atoms with van der Waals surface area (Å²) in [5.41, 5.74) is 2.34. The van der Waals surface area contributed by atoms with Gasteiger partial charge in [-0.25, -0.2) is 0 Å². The van der Waals surface area contributed by atoms with Crippen LogP contribution in [-0.2, 0) is 6.54 Å². The predicted molar refractivity (Wildman–Crippen MR) is 89.1 cm³/mol. The topological polar surface area (TPSA) is 48.1 Å². The van der Waals surface area contributed by atoms with E-state index in [1.165, 1.54) is 19.3 Å². The van der Waals surface area contributed by atoms with Gasteiger partial charge < -0.3 is 4.57 Å². The monoisotopic (exact) mass is 295 g/mol. The van der Waals surface area contributed by atoms with Gasteiger partial charge in [0.25, 0.3) is 5.69 Å². The first-order valence-corrected chi connectivity index (χ1v) is 7.79. The first-order chi connectivity index (χ1) is 10.7. The number of nitro benzene ring substituents is 1. The Morgan fingerprint density at radius 2 is 1.95 bits per heavy atom. The van der Waals surface area contributed by atoms with Crippen LogP contribution < -0.4 is 0 Å². The second-order valence-electron chi connectivity index (χ2n) is 5.61. The molecule has 0 aliphatic heterocycles. The van der Waals surface area contributed by atoms with Crippen LogP contribution in [0.1, 0.15) is 32.6 Å². The molecule has 0 saturated carbocycles. The van der Waals surface area contributed by atoms with Crippen molar-refractivity contribution in [2.75, 3.05) is 0 Å². The smallest absolute Gasteiger partial charge is 0.270 e. The van der Waals surface area contributed by atoms with E-state index in [0.717, 1.165) is 34.8 Å². The number of hydrogen-bond donors (Lipinski definition) is 0. The lowest BCUT2D eigenvalue weighted by atomic mass is 10.1. The van der Waals surface area contributed by atoms with E-state index in [1.807, 2.05) is 24.3 Å². The second-order valence-corrected chi connectivity index (χ2v) is 5.61. The van der Waals surface area contributed by atoms with Crippen LogP contribution in [0, 0.1) is 16.2 Å². The first-order valence-electron chi connectivity index (χ1n) is 7.79. The average Bonchev–Trinajstić information content (AvgIpc) is 2.85. The molecular formula is C18H19N2O2. The average molecular weight is 295 g/mol. The lowest BCUT2D eigenvalue weighted by Crippen LogP contribution is -1.97. The van der Waals surface area contributed by atoms with Gasteiger partial charge in [-0.3, -0.25) is 10.1 Å². The number of aromatic nitrogens is 1. The van der Waals surface area contributed by atoms with Gasteiger partial charge in [-0.15, -0.1) is 0 Å². The molecule has 0 aliphatic rings. The van der Waals surface area contributed by atoms with Crippen molar-refractivity contribution >= 4 is 27.5 Å². The van der Waals surface area contributed by atoms with Gasteiger partial charge in [0.15, 0.2) is 0 Å². The number of non-ortho nitro benzene ring substituents is 1. The number of aryl methyl sites for hydroxylation is 1. The molecule has 0 fully saturated rings. The van der Waals surface area contributed by atoms with Crippen molar-refractivity contribution in [3.05, 3.63) is 52.6 Å². The molecular weight excluding hydrogens is 276 g/mol. The van der Waals surface area contributed by atoms with Crippen molar-refractivity contribution in [1.82, 2.24) is 4.57 Å². The van der Waals surface area contributed by atoms with Gasteiger partial charge in [0.05, 0.1) is 4.92 Å². The molecule has 0 atom stereocenters. The van der Waals surface area contributed by atoms with Gasteiger partial charge in [0.1, 0.15) is 0 Å². The largest absolute Gasteiger partial charge is 0.340 e. The van der Waals surface area contributed by atoms with E-state index in [2.05, 4.69) is 17.6 Å². The maximum Gasteiger partial charge on any atom is 0.270 e. The summed E-state index contributed by atoms with van der Waals surface area (Å²) < 4.78 is 2.28. The fourth-order valence-corrected chi connectivity index (χ4v) is 3.03.